The SMILES string of the molecule is CCC1CCCN(S(=O)(=O)c2cc(C)c(CN)s2)C1. The van der Waals surface area contributed by atoms with E-state index in [0.717, 1.165) is 29.7 Å². The largest absolute Gasteiger partial charge is 0.326 e. The number of nitrogens with zero attached hydrogens (tertiary/aromatic N) is 1. The van der Waals surface area contributed by atoms with Crippen molar-refractivity contribution in [1.82, 2.24) is 4.31 Å². The maximum Gasteiger partial charge on any atom is 0.252 e. The Morgan fingerprint density at radius 3 is 2.84 bits per heavy atom. The molecule has 1 unspecified atom stereocenters. The molecular weight excluding hydrogens is 280 g/mol. The van der Waals surface area contributed by atoms with Crippen LogP contribution in [-0.2, 0) is 16.6 Å². The van der Waals surface area contributed by atoms with Gasteiger partial charge < -0.3 is 5.73 Å². The molecule has 0 saturated carbocycles. The van der Waals surface area contributed by atoms with Gasteiger partial charge in [0.05, 0.1) is 0 Å². The second kappa shape index (κ2) is 5.91. The van der Waals surface area contributed by atoms with Crippen LogP contribution < -0.4 is 5.73 Å². The average Bonchev–Trinajstić information content (AvgIpc) is 2.80. The van der Waals surface area contributed by atoms with Crippen LogP contribution in [0.1, 0.15) is 36.6 Å². The highest BCUT2D eigenvalue weighted by atomic mass is 32.2. The Balaban J connectivity index is 2.25. The van der Waals surface area contributed by atoms with E-state index >= 15 is 0 Å². The Morgan fingerprint density at radius 1 is 1.53 bits per heavy atom. The van der Waals surface area contributed by atoms with Crippen molar-refractivity contribution in [3.63, 3.8) is 0 Å². The van der Waals surface area contributed by atoms with Crippen molar-refractivity contribution in [1.29, 1.82) is 0 Å². The number of hydrogen-bond acceptors (Lipinski definition) is 4. The third kappa shape index (κ3) is 3.02. The van der Waals surface area contributed by atoms with Crippen LogP contribution in [0.4, 0.5) is 0 Å². The predicted molar refractivity (Wildman–Crippen MR) is 78.7 cm³/mol. The molecule has 19 heavy (non-hydrogen) atoms. The molecular formula is C13H22N2O2S2. The molecule has 0 amide bonds. The smallest absolute Gasteiger partial charge is 0.252 e. The molecule has 2 N–H and O–H groups in total. The van der Waals surface area contributed by atoms with E-state index in [1.54, 1.807) is 10.4 Å². The quantitative estimate of drug-likeness (QED) is 0.928. The first-order chi connectivity index (χ1) is 8.98. The number of piperidine rings is 1. The van der Waals surface area contributed by atoms with Crippen LogP contribution >= 0.6 is 11.3 Å². The fourth-order valence-corrected chi connectivity index (χ4v) is 5.70. The lowest BCUT2D eigenvalue weighted by atomic mass is 9.97. The lowest BCUT2D eigenvalue weighted by Crippen LogP contribution is -2.39. The molecule has 2 rings (SSSR count). The summed E-state index contributed by atoms with van der Waals surface area (Å²) in [5.41, 5.74) is 6.61. The second-order valence-electron chi connectivity index (χ2n) is 5.16. The molecule has 1 atom stereocenters. The zero-order chi connectivity index (χ0) is 14.0. The van der Waals surface area contributed by atoms with Gasteiger partial charge in [0, 0.05) is 24.5 Å². The first-order valence-corrected chi connectivity index (χ1v) is 9.04. The molecule has 1 saturated heterocycles. The molecule has 6 heteroatoms. The van der Waals surface area contributed by atoms with E-state index in [0.29, 0.717) is 29.8 Å². The van der Waals surface area contributed by atoms with Crippen molar-refractivity contribution >= 4 is 21.4 Å². The van der Waals surface area contributed by atoms with Crippen LogP contribution in [0.3, 0.4) is 0 Å². The summed E-state index contributed by atoms with van der Waals surface area (Å²) in [5, 5.41) is 0. The van der Waals surface area contributed by atoms with Gasteiger partial charge in [-0.25, -0.2) is 8.42 Å². The van der Waals surface area contributed by atoms with Crippen molar-refractivity contribution in [3.05, 3.63) is 16.5 Å². The fourth-order valence-electron chi connectivity index (χ4n) is 2.52. The monoisotopic (exact) mass is 302 g/mol. The van der Waals surface area contributed by atoms with E-state index in [1.807, 2.05) is 6.92 Å². The normalized spacial score (nSPS) is 21.7. The maximum atomic E-state index is 12.6. The third-order valence-corrected chi connectivity index (χ3v) is 7.41. The van der Waals surface area contributed by atoms with Gasteiger partial charge in [-0.1, -0.05) is 13.3 Å². The summed E-state index contributed by atoms with van der Waals surface area (Å²) in [4.78, 5) is 0.961. The van der Waals surface area contributed by atoms with E-state index in [9.17, 15) is 8.42 Å². The van der Waals surface area contributed by atoms with Crippen LogP contribution in [0.15, 0.2) is 10.3 Å². The van der Waals surface area contributed by atoms with Gasteiger partial charge in [0.25, 0.3) is 10.0 Å². The molecule has 1 aromatic heterocycles. The summed E-state index contributed by atoms with van der Waals surface area (Å²) in [6.07, 6.45) is 3.15. The molecule has 108 valence electrons. The molecule has 4 nitrogen and oxygen atoms in total. The standard InChI is InChI=1S/C13H22N2O2S2/c1-3-11-5-4-6-15(9-11)19(16,17)13-7-10(2)12(8-14)18-13/h7,11H,3-6,8-9,14H2,1-2H3. The topological polar surface area (TPSA) is 63.4 Å². The summed E-state index contributed by atoms with van der Waals surface area (Å²) in [6.45, 7) is 5.76. The highest BCUT2D eigenvalue weighted by Gasteiger charge is 2.31. The minimum absolute atomic E-state index is 0.406. The highest BCUT2D eigenvalue weighted by Crippen LogP contribution is 2.31. The summed E-state index contributed by atoms with van der Waals surface area (Å²) in [5.74, 6) is 0.499. The van der Waals surface area contributed by atoms with Crippen LogP contribution in [-0.4, -0.2) is 25.8 Å². The lowest BCUT2D eigenvalue weighted by Gasteiger charge is -2.30. The Labute approximate surface area is 119 Å². The summed E-state index contributed by atoms with van der Waals surface area (Å²) < 4.78 is 27.3. The summed E-state index contributed by atoms with van der Waals surface area (Å²) in [7, 11) is -3.32. The molecule has 0 aliphatic carbocycles. The Morgan fingerprint density at radius 2 is 2.26 bits per heavy atom. The minimum atomic E-state index is -3.32. The van der Waals surface area contributed by atoms with Gasteiger partial charge in [-0.3, -0.25) is 0 Å². The average molecular weight is 302 g/mol. The zero-order valence-corrected chi connectivity index (χ0v) is 13.2. The van der Waals surface area contributed by atoms with Gasteiger partial charge in [0.1, 0.15) is 4.21 Å². The third-order valence-electron chi connectivity index (χ3n) is 3.84. The van der Waals surface area contributed by atoms with Gasteiger partial charge in [0.2, 0.25) is 0 Å². The van der Waals surface area contributed by atoms with Crippen LogP contribution in [0.2, 0.25) is 0 Å². The molecule has 0 spiro atoms. The molecule has 0 radical (unpaired) electrons. The predicted octanol–water partition coefficient (Wildman–Crippen LogP) is 2.33. The zero-order valence-electron chi connectivity index (χ0n) is 11.6. The first-order valence-electron chi connectivity index (χ1n) is 6.78. The van der Waals surface area contributed by atoms with E-state index in [-0.39, 0.29) is 0 Å². The van der Waals surface area contributed by atoms with E-state index < -0.39 is 10.0 Å². The molecule has 1 fully saturated rings. The molecule has 2 heterocycles. The number of sulfonamides is 1. The van der Waals surface area contributed by atoms with Crippen LogP contribution in [0.25, 0.3) is 0 Å². The number of rotatable bonds is 4. The molecule has 1 aliphatic heterocycles. The Bertz CT molecular complexity index is 537. The Hall–Kier alpha value is -0.430. The van der Waals surface area contributed by atoms with Crippen LogP contribution in [0.5, 0.6) is 0 Å². The first kappa shape index (κ1) is 15.0. The van der Waals surface area contributed by atoms with Gasteiger partial charge >= 0.3 is 0 Å². The summed E-state index contributed by atoms with van der Waals surface area (Å²) >= 11 is 1.31. The summed E-state index contributed by atoms with van der Waals surface area (Å²) in [6, 6.07) is 1.76. The lowest BCUT2D eigenvalue weighted by molar-refractivity contribution is 0.262. The van der Waals surface area contributed by atoms with E-state index in [1.165, 1.54) is 11.3 Å². The number of thiophene rings is 1. The van der Waals surface area contributed by atoms with Gasteiger partial charge in [-0.05, 0) is 37.3 Å². The maximum absolute atomic E-state index is 12.6. The molecule has 1 aliphatic rings. The van der Waals surface area contributed by atoms with Crippen molar-refractivity contribution in [3.8, 4) is 0 Å². The van der Waals surface area contributed by atoms with E-state index in [4.69, 9.17) is 5.73 Å². The fraction of sp³-hybridized carbons (Fsp3) is 0.692. The molecule has 0 aromatic carbocycles. The van der Waals surface area contributed by atoms with Gasteiger partial charge in [0.15, 0.2) is 0 Å². The second-order valence-corrected chi connectivity index (χ2v) is 8.46. The van der Waals surface area contributed by atoms with E-state index in [2.05, 4.69) is 6.92 Å². The van der Waals surface area contributed by atoms with Gasteiger partial charge in [-0.15, -0.1) is 11.3 Å². The molecule has 1 aromatic rings. The van der Waals surface area contributed by atoms with Crippen molar-refractivity contribution in [2.24, 2.45) is 11.7 Å². The molecule has 0 bridgehead atoms. The van der Waals surface area contributed by atoms with Crippen LogP contribution in [0, 0.1) is 12.8 Å². The minimum Gasteiger partial charge on any atom is -0.326 e. The highest BCUT2D eigenvalue weighted by molar-refractivity contribution is 7.91. The number of hydrogen-bond donors (Lipinski definition) is 1. The van der Waals surface area contributed by atoms with Crippen molar-refractivity contribution in [2.45, 2.75) is 43.9 Å². The number of aryl methyl sites for hydroxylation is 1. The number of nitrogens with two attached hydrogens (primary N) is 1. The van der Waals surface area contributed by atoms with Gasteiger partial charge in [-0.2, -0.15) is 4.31 Å². The Kier molecular flexibility index (Phi) is 4.66. The van der Waals surface area contributed by atoms with Crippen molar-refractivity contribution < 1.29 is 8.42 Å². The van der Waals surface area contributed by atoms with Crippen molar-refractivity contribution in [2.75, 3.05) is 13.1 Å².